The van der Waals surface area contributed by atoms with Gasteiger partial charge in [0.15, 0.2) is 0 Å². The van der Waals surface area contributed by atoms with Gasteiger partial charge in [0.05, 0.1) is 10.7 Å². The number of nitrogens with one attached hydrogen (secondary N) is 1. The minimum atomic E-state index is 0.675. The summed E-state index contributed by atoms with van der Waals surface area (Å²) in [6.45, 7) is 5.14. The van der Waals surface area contributed by atoms with Gasteiger partial charge in [0, 0.05) is 20.1 Å². The molecule has 4 heteroatoms. The van der Waals surface area contributed by atoms with Gasteiger partial charge in [-0.2, -0.15) is 0 Å². The van der Waals surface area contributed by atoms with E-state index in [4.69, 9.17) is 11.6 Å². The molecule has 0 spiro atoms. The Morgan fingerprint density at radius 3 is 2.93 bits per heavy atom. The summed E-state index contributed by atoms with van der Waals surface area (Å²) in [6.07, 6.45) is 1.84. The second-order valence-electron chi connectivity index (χ2n) is 3.30. The first-order valence-electron chi connectivity index (χ1n) is 4.81. The molecule has 0 saturated heterocycles. The van der Waals surface area contributed by atoms with E-state index in [1.807, 2.05) is 37.2 Å². The number of likely N-dealkylation sites (N-methyl/N-ethyl adjacent to an activating group) is 1. The summed E-state index contributed by atoms with van der Waals surface area (Å²) < 4.78 is 0. The van der Waals surface area contributed by atoms with Gasteiger partial charge in [0.1, 0.15) is 5.82 Å². The van der Waals surface area contributed by atoms with Gasteiger partial charge in [-0.05, 0) is 19.2 Å². The Labute approximate surface area is 95.8 Å². The Balaban J connectivity index is 2.90. The van der Waals surface area contributed by atoms with Gasteiger partial charge in [-0.1, -0.05) is 17.7 Å². The molecule has 0 aliphatic heterocycles. The lowest BCUT2D eigenvalue weighted by Crippen LogP contribution is -2.19. The summed E-state index contributed by atoms with van der Waals surface area (Å²) in [5.41, 5.74) is 0.868. The number of pyridine rings is 1. The monoisotopic (exact) mass is 225 g/mol. The molecule has 0 aliphatic carbocycles. The van der Waals surface area contributed by atoms with E-state index in [0.29, 0.717) is 11.6 Å². The molecule has 0 aliphatic rings. The van der Waals surface area contributed by atoms with Crippen LogP contribution in [0.2, 0.25) is 5.02 Å². The van der Waals surface area contributed by atoms with Crippen LogP contribution in [0.5, 0.6) is 0 Å². The number of nitrogens with zero attached hydrogens (tertiary/aromatic N) is 2. The third kappa shape index (κ3) is 3.22. The van der Waals surface area contributed by atoms with Gasteiger partial charge in [-0.15, -0.1) is 6.58 Å². The first-order chi connectivity index (χ1) is 7.19. The molecule has 0 saturated carbocycles. The lowest BCUT2D eigenvalue weighted by Gasteiger charge is -2.17. The molecule has 1 aromatic heterocycles. The number of hydrogen-bond donors (Lipinski definition) is 1. The van der Waals surface area contributed by atoms with Crippen LogP contribution in [0.25, 0.3) is 0 Å². The van der Waals surface area contributed by atoms with Crippen LogP contribution in [0.15, 0.2) is 24.8 Å². The van der Waals surface area contributed by atoms with E-state index in [1.54, 1.807) is 0 Å². The van der Waals surface area contributed by atoms with Crippen LogP contribution in [0.4, 0.5) is 5.82 Å². The highest BCUT2D eigenvalue weighted by Crippen LogP contribution is 2.18. The quantitative estimate of drug-likeness (QED) is 0.778. The molecule has 0 radical (unpaired) electrons. The Morgan fingerprint density at radius 2 is 2.33 bits per heavy atom. The molecule has 15 heavy (non-hydrogen) atoms. The van der Waals surface area contributed by atoms with Crippen molar-refractivity contribution in [3.8, 4) is 0 Å². The third-order valence-corrected chi connectivity index (χ3v) is 2.39. The van der Waals surface area contributed by atoms with Crippen LogP contribution in [0.3, 0.4) is 0 Å². The van der Waals surface area contributed by atoms with Crippen LogP contribution in [0, 0.1) is 0 Å². The standard InChI is InChI=1S/C11H16ClN3/c1-4-7-15(3)11-6-5-9(12)10(14-11)8-13-2/h4-6,13H,1,7-8H2,2-3H3. The normalized spacial score (nSPS) is 10.1. The van der Waals surface area contributed by atoms with Gasteiger partial charge < -0.3 is 10.2 Å². The van der Waals surface area contributed by atoms with Crippen molar-refractivity contribution in [2.45, 2.75) is 6.54 Å². The molecule has 0 aromatic carbocycles. The molecule has 0 fully saturated rings. The summed E-state index contributed by atoms with van der Waals surface area (Å²) in [4.78, 5) is 6.48. The number of hydrogen-bond acceptors (Lipinski definition) is 3. The summed E-state index contributed by atoms with van der Waals surface area (Å²) in [5, 5.41) is 3.73. The van der Waals surface area contributed by atoms with Crippen molar-refractivity contribution in [3.63, 3.8) is 0 Å². The lowest BCUT2D eigenvalue weighted by atomic mass is 10.3. The maximum atomic E-state index is 6.02. The SMILES string of the molecule is C=CCN(C)c1ccc(Cl)c(CNC)n1. The minimum Gasteiger partial charge on any atom is -0.356 e. The topological polar surface area (TPSA) is 28.2 Å². The van der Waals surface area contributed by atoms with Gasteiger partial charge in [0.25, 0.3) is 0 Å². The molecule has 1 rings (SSSR count). The molecular weight excluding hydrogens is 210 g/mol. The van der Waals surface area contributed by atoms with Crippen molar-refractivity contribution < 1.29 is 0 Å². The molecule has 1 heterocycles. The van der Waals surface area contributed by atoms with Gasteiger partial charge in [-0.25, -0.2) is 4.98 Å². The smallest absolute Gasteiger partial charge is 0.128 e. The summed E-state index contributed by atoms with van der Waals surface area (Å²) in [6, 6.07) is 3.78. The van der Waals surface area contributed by atoms with Crippen LogP contribution < -0.4 is 10.2 Å². The predicted molar refractivity (Wildman–Crippen MR) is 65.5 cm³/mol. The molecule has 1 aromatic rings. The average Bonchev–Trinajstić information content (AvgIpc) is 2.22. The Kier molecular flexibility index (Phi) is 4.59. The van der Waals surface area contributed by atoms with Crippen LogP contribution in [-0.4, -0.2) is 25.6 Å². The van der Waals surface area contributed by atoms with Crippen molar-refractivity contribution >= 4 is 17.4 Å². The zero-order chi connectivity index (χ0) is 11.3. The molecule has 0 atom stereocenters. The first kappa shape index (κ1) is 12.0. The molecule has 0 unspecified atom stereocenters. The molecular formula is C11H16ClN3. The maximum Gasteiger partial charge on any atom is 0.128 e. The van der Waals surface area contributed by atoms with Crippen molar-refractivity contribution in [3.05, 3.63) is 35.5 Å². The van der Waals surface area contributed by atoms with E-state index < -0.39 is 0 Å². The van der Waals surface area contributed by atoms with E-state index in [2.05, 4.69) is 16.9 Å². The lowest BCUT2D eigenvalue weighted by molar-refractivity contribution is 0.787. The largest absolute Gasteiger partial charge is 0.356 e. The number of halogens is 1. The third-order valence-electron chi connectivity index (χ3n) is 2.04. The summed E-state index contributed by atoms with van der Waals surface area (Å²) in [7, 11) is 3.85. The molecule has 3 nitrogen and oxygen atoms in total. The number of aromatic nitrogens is 1. The van der Waals surface area contributed by atoms with Crippen LogP contribution in [0.1, 0.15) is 5.69 Å². The highest BCUT2D eigenvalue weighted by molar-refractivity contribution is 6.31. The second kappa shape index (κ2) is 5.73. The highest BCUT2D eigenvalue weighted by Gasteiger charge is 2.05. The fraction of sp³-hybridized carbons (Fsp3) is 0.364. The number of rotatable bonds is 5. The minimum absolute atomic E-state index is 0.675. The zero-order valence-electron chi connectivity index (χ0n) is 9.13. The van der Waals surface area contributed by atoms with Crippen molar-refractivity contribution in [2.24, 2.45) is 0 Å². The van der Waals surface area contributed by atoms with E-state index in [-0.39, 0.29) is 0 Å². The fourth-order valence-corrected chi connectivity index (χ4v) is 1.44. The van der Waals surface area contributed by atoms with Gasteiger partial charge in [0.2, 0.25) is 0 Å². The van der Waals surface area contributed by atoms with E-state index in [9.17, 15) is 0 Å². The molecule has 1 N–H and O–H groups in total. The Morgan fingerprint density at radius 1 is 1.60 bits per heavy atom. The Hall–Kier alpha value is -1.06. The Bertz CT molecular complexity index is 339. The van der Waals surface area contributed by atoms with Crippen molar-refractivity contribution in [1.29, 1.82) is 0 Å². The predicted octanol–water partition coefficient (Wildman–Crippen LogP) is 2.08. The van der Waals surface area contributed by atoms with E-state index in [0.717, 1.165) is 18.1 Å². The van der Waals surface area contributed by atoms with Crippen LogP contribution >= 0.6 is 11.6 Å². The van der Waals surface area contributed by atoms with Crippen molar-refractivity contribution in [2.75, 3.05) is 25.5 Å². The van der Waals surface area contributed by atoms with E-state index in [1.165, 1.54) is 0 Å². The molecule has 0 bridgehead atoms. The number of anilines is 1. The fourth-order valence-electron chi connectivity index (χ4n) is 1.26. The summed E-state index contributed by atoms with van der Waals surface area (Å²) in [5.74, 6) is 0.907. The molecule has 82 valence electrons. The second-order valence-corrected chi connectivity index (χ2v) is 3.70. The highest BCUT2D eigenvalue weighted by atomic mass is 35.5. The summed E-state index contributed by atoms with van der Waals surface area (Å²) >= 11 is 6.02. The van der Waals surface area contributed by atoms with Gasteiger partial charge >= 0.3 is 0 Å². The zero-order valence-corrected chi connectivity index (χ0v) is 9.88. The van der Waals surface area contributed by atoms with Crippen LogP contribution in [-0.2, 0) is 6.54 Å². The first-order valence-corrected chi connectivity index (χ1v) is 5.19. The maximum absolute atomic E-state index is 6.02. The van der Waals surface area contributed by atoms with Crippen molar-refractivity contribution in [1.82, 2.24) is 10.3 Å². The average molecular weight is 226 g/mol. The molecule has 0 amide bonds. The van der Waals surface area contributed by atoms with E-state index >= 15 is 0 Å². The van der Waals surface area contributed by atoms with Gasteiger partial charge in [-0.3, -0.25) is 0 Å².